The van der Waals surface area contributed by atoms with Gasteiger partial charge in [0.25, 0.3) is 0 Å². The molecule has 118 valence electrons. The minimum Gasteiger partial charge on any atom is -0.460 e. The van der Waals surface area contributed by atoms with Gasteiger partial charge in [-0.1, -0.05) is 30.3 Å². The Bertz CT molecular complexity index is 790. The molecule has 1 unspecified atom stereocenters. The van der Waals surface area contributed by atoms with Gasteiger partial charge in [0.2, 0.25) is 0 Å². The molecule has 1 N–H and O–H groups in total. The molecule has 5 heteroatoms. The van der Waals surface area contributed by atoms with Gasteiger partial charge in [-0.05, 0) is 25.5 Å². The monoisotopic (exact) mass is 308 g/mol. The maximum Gasteiger partial charge on any atom is 0.147 e. The predicted molar refractivity (Wildman–Crippen MR) is 87.9 cm³/mol. The van der Waals surface area contributed by atoms with Crippen molar-refractivity contribution in [3.05, 3.63) is 59.9 Å². The lowest BCUT2D eigenvalue weighted by atomic mass is 10.1. The second kappa shape index (κ2) is 6.01. The number of furan rings is 1. The molecule has 0 radical (unpaired) electrons. The third-order valence-corrected chi connectivity index (χ3v) is 4.25. The number of hydrogen-bond acceptors (Lipinski definition) is 4. The van der Waals surface area contributed by atoms with E-state index in [0.717, 1.165) is 54.7 Å². The van der Waals surface area contributed by atoms with E-state index >= 15 is 0 Å². The van der Waals surface area contributed by atoms with E-state index in [0.29, 0.717) is 6.04 Å². The van der Waals surface area contributed by atoms with Gasteiger partial charge in [-0.25, -0.2) is 9.67 Å². The standard InChI is InChI=1S/C18H20N4O/c1-13-20-18-10-7-15(12-22(18)21-13)19-11-16-8-9-17(23-16)14-5-3-2-4-6-14/h2-6,8-9,15,19H,7,10-12H2,1H3. The number of rotatable bonds is 4. The summed E-state index contributed by atoms with van der Waals surface area (Å²) in [5.74, 6) is 3.84. The van der Waals surface area contributed by atoms with Gasteiger partial charge >= 0.3 is 0 Å². The molecule has 2 aromatic heterocycles. The minimum atomic E-state index is 0.411. The van der Waals surface area contributed by atoms with Crippen LogP contribution >= 0.6 is 0 Å². The average Bonchev–Trinajstić information content (AvgIpc) is 3.18. The fourth-order valence-electron chi connectivity index (χ4n) is 3.08. The molecule has 3 heterocycles. The number of nitrogens with one attached hydrogen (secondary N) is 1. The second-order valence-electron chi connectivity index (χ2n) is 6.01. The smallest absolute Gasteiger partial charge is 0.147 e. The van der Waals surface area contributed by atoms with Crippen LogP contribution in [0.5, 0.6) is 0 Å². The van der Waals surface area contributed by atoms with E-state index in [1.165, 1.54) is 0 Å². The highest BCUT2D eigenvalue weighted by atomic mass is 16.3. The Morgan fingerprint density at radius 1 is 1.22 bits per heavy atom. The van der Waals surface area contributed by atoms with Gasteiger partial charge in [0.05, 0.1) is 13.1 Å². The molecule has 0 aliphatic carbocycles. The zero-order chi connectivity index (χ0) is 15.6. The largest absolute Gasteiger partial charge is 0.460 e. The summed E-state index contributed by atoms with van der Waals surface area (Å²) in [4.78, 5) is 4.45. The Morgan fingerprint density at radius 2 is 2.09 bits per heavy atom. The second-order valence-corrected chi connectivity index (χ2v) is 6.01. The molecule has 4 rings (SSSR count). The van der Waals surface area contributed by atoms with Crippen LogP contribution < -0.4 is 5.32 Å². The number of fused-ring (bicyclic) bond motifs is 1. The van der Waals surface area contributed by atoms with Crippen molar-refractivity contribution in [1.29, 1.82) is 0 Å². The summed E-state index contributed by atoms with van der Waals surface area (Å²) >= 11 is 0. The molecule has 0 bridgehead atoms. The zero-order valence-corrected chi connectivity index (χ0v) is 13.2. The van der Waals surface area contributed by atoms with Gasteiger partial charge in [-0.2, -0.15) is 5.10 Å². The third kappa shape index (κ3) is 3.05. The summed E-state index contributed by atoms with van der Waals surface area (Å²) in [5, 5.41) is 8.01. The number of nitrogens with zero attached hydrogens (tertiary/aromatic N) is 3. The minimum absolute atomic E-state index is 0.411. The Hall–Kier alpha value is -2.40. The maximum atomic E-state index is 5.94. The highest BCUT2D eigenvalue weighted by Crippen LogP contribution is 2.22. The quantitative estimate of drug-likeness (QED) is 0.805. The van der Waals surface area contributed by atoms with Crippen molar-refractivity contribution in [3.8, 4) is 11.3 Å². The first-order chi connectivity index (χ1) is 11.3. The van der Waals surface area contributed by atoms with Gasteiger partial charge in [0, 0.05) is 18.0 Å². The van der Waals surface area contributed by atoms with E-state index in [1.807, 2.05) is 41.9 Å². The average molecular weight is 308 g/mol. The van der Waals surface area contributed by atoms with E-state index in [2.05, 4.69) is 27.5 Å². The Balaban J connectivity index is 1.38. The molecule has 5 nitrogen and oxygen atoms in total. The SMILES string of the molecule is Cc1nc2n(n1)CC(NCc1ccc(-c3ccccc3)o1)CC2. The van der Waals surface area contributed by atoms with Crippen LogP contribution in [0.4, 0.5) is 0 Å². The molecule has 0 amide bonds. The van der Waals surface area contributed by atoms with E-state index in [4.69, 9.17) is 4.42 Å². The lowest BCUT2D eigenvalue weighted by Gasteiger charge is -2.23. The molecule has 1 aliphatic rings. The van der Waals surface area contributed by atoms with E-state index < -0.39 is 0 Å². The molecule has 1 atom stereocenters. The van der Waals surface area contributed by atoms with E-state index in [1.54, 1.807) is 0 Å². The first kappa shape index (κ1) is 14.2. The van der Waals surface area contributed by atoms with Gasteiger partial charge in [-0.3, -0.25) is 0 Å². The van der Waals surface area contributed by atoms with Crippen LogP contribution in [-0.4, -0.2) is 20.8 Å². The molecule has 1 aliphatic heterocycles. The van der Waals surface area contributed by atoms with E-state index in [9.17, 15) is 0 Å². The summed E-state index contributed by atoms with van der Waals surface area (Å²) in [6.45, 7) is 3.56. The van der Waals surface area contributed by atoms with Crippen LogP contribution in [0.25, 0.3) is 11.3 Å². The van der Waals surface area contributed by atoms with Crippen molar-refractivity contribution in [2.75, 3.05) is 0 Å². The number of aryl methyl sites for hydroxylation is 2. The van der Waals surface area contributed by atoms with Crippen LogP contribution in [0.15, 0.2) is 46.9 Å². The molecule has 1 aromatic carbocycles. The van der Waals surface area contributed by atoms with Crippen molar-refractivity contribution < 1.29 is 4.42 Å². The van der Waals surface area contributed by atoms with Crippen molar-refractivity contribution >= 4 is 0 Å². The van der Waals surface area contributed by atoms with Crippen molar-refractivity contribution in [1.82, 2.24) is 20.1 Å². The van der Waals surface area contributed by atoms with Crippen molar-refractivity contribution in [2.45, 2.75) is 38.9 Å². The number of aromatic nitrogens is 3. The fraction of sp³-hybridized carbons (Fsp3) is 0.333. The first-order valence-electron chi connectivity index (χ1n) is 8.06. The van der Waals surface area contributed by atoms with Crippen LogP contribution in [0.2, 0.25) is 0 Å². The molecule has 23 heavy (non-hydrogen) atoms. The maximum absolute atomic E-state index is 5.94. The normalized spacial score (nSPS) is 17.2. The van der Waals surface area contributed by atoms with Crippen molar-refractivity contribution in [3.63, 3.8) is 0 Å². The first-order valence-corrected chi connectivity index (χ1v) is 8.06. The van der Waals surface area contributed by atoms with Gasteiger partial charge in [0.15, 0.2) is 0 Å². The summed E-state index contributed by atoms with van der Waals surface area (Å²) < 4.78 is 7.96. The molecule has 0 fully saturated rings. The van der Waals surface area contributed by atoms with Crippen LogP contribution in [0.1, 0.15) is 23.8 Å². The van der Waals surface area contributed by atoms with Gasteiger partial charge in [0.1, 0.15) is 23.2 Å². The Kier molecular flexibility index (Phi) is 3.71. The highest BCUT2D eigenvalue weighted by Gasteiger charge is 2.20. The van der Waals surface area contributed by atoms with Crippen molar-refractivity contribution in [2.24, 2.45) is 0 Å². The lowest BCUT2D eigenvalue weighted by Crippen LogP contribution is -2.37. The van der Waals surface area contributed by atoms with Gasteiger partial charge in [-0.15, -0.1) is 0 Å². The zero-order valence-electron chi connectivity index (χ0n) is 13.2. The van der Waals surface area contributed by atoms with Crippen LogP contribution in [0.3, 0.4) is 0 Å². The molecule has 0 saturated heterocycles. The number of benzene rings is 1. The van der Waals surface area contributed by atoms with Crippen LogP contribution in [-0.2, 0) is 19.5 Å². The van der Waals surface area contributed by atoms with E-state index in [-0.39, 0.29) is 0 Å². The number of hydrogen-bond donors (Lipinski definition) is 1. The van der Waals surface area contributed by atoms with Crippen LogP contribution in [0, 0.1) is 6.92 Å². The summed E-state index contributed by atoms with van der Waals surface area (Å²) in [6.07, 6.45) is 2.07. The summed E-state index contributed by atoms with van der Waals surface area (Å²) in [7, 11) is 0. The fourth-order valence-corrected chi connectivity index (χ4v) is 3.08. The predicted octanol–water partition coefficient (Wildman–Crippen LogP) is 2.95. The Morgan fingerprint density at radius 3 is 2.96 bits per heavy atom. The molecule has 0 saturated carbocycles. The highest BCUT2D eigenvalue weighted by molar-refractivity contribution is 5.57. The molecular formula is C18H20N4O. The Labute approximate surface area is 135 Å². The molecule has 0 spiro atoms. The van der Waals surface area contributed by atoms with Gasteiger partial charge < -0.3 is 9.73 Å². The topological polar surface area (TPSA) is 55.9 Å². The summed E-state index contributed by atoms with van der Waals surface area (Å²) in [5.41, 5.74) is 1.11. The third-order valence-electron chi connectivity index (χ3n) is 4.25. The summed E-state index contributed by atoms with van der Waals surface area (Å²) in [6, 6.07) is 14.7. The molecular weight excluding hydrogens is 288 g/mol. The lowest BCUT2D eigenvalue weighted by molar-refractivity contribution is 0.345. The molecule has 3 aromatic rings.